The lowest BCUT2D eigenvalue weighted by atomic mass is 10.2. The average Bonchev–Trinajstić information content (AvgIpc) is 2.76. The molecule has 1 amide bonds. The van der Waals surface area contributed by atoms with Crippen LogP contribution in [0.15, 0.2) is 0 Å². The highest BCUT2D eigenvalue weighted by Crippen LogP contribution is 2.04. The molecule has 1 heterocycles. The Morgan fingerprint density at radius 1 is 1.53 bits per heavy atom. The summed E-state index contributed by atoms with van der Waals surface area (Å²) in [4.78, 5) is 11.5. The fraction of sp³-hybridized carbons (Fsp3) is 0.900. The number of amides is 1. The van der Waals surface area contributed by atoms with Crippen LogP contribution >= 0.6 is 0 Å². The van der Waals surface area contributed by atoms with E-state index in [1.807, 2.05) is 0 Å². The van der Waals surface area contributed by atoms with E-state index >= 15 is 0 Å². The highest BCUT2D eigenvalue weighted by molar-refractivity contribution is 5.81. The molecule has 0 spiro atoms. The number of hydrogen-bond acceptors (Lipinski definition) is 4. The molecular weight excluding hydrogens is 196 g/mol. The Balaban J connectivity index is 1.92. The van der Waals surface area contributed by atoms with Gasteiger partial charge in [-0.2, -0.15) is 0 Å². The van der Waals surface area contributed by atoms with Gasteiger partial charge in [0.2, 0.25) is 5.91 Å². The Labute approximate surface area is 90.2 Å². The van der Waals surface area contributed by atoms with E-state index in [9.17, 15) is 4.79 Å². The van der Waals surface area contributed by atoms with Gasteiger partial charge in [-0.1, -0.05) is 0 Å². The monoisotopic (exact) mass is 216 g/mol. The van der Waals surface area contributed by atoms with Gasteiger partial charge in [-0.05, 0) is 25.8 Å². The second-order valence-corrected chi connectivity index (χ2v) is 3.63. The minimum atomic E-state index is 0.00311. The molecule has 1 aliphatic heterocycles. The Kier molecular flexibility index (Phi) is 6.31. The van der Waals surface area contributed by atoms with Gasteiger partial charge in [-0.15, -0.1) is 0 Å². The highest BCUT2D eigenvalue weighted by atomic mass is 16.5. The predicted molar refractivity (Wildman–Crippen MR) is 56.6 cm³/mol. The van der Waals surface area contributed by atoms with Gasteiger partial charge in [0.15, 0.2) is 0 Å². The molecule has 3 N–H and O–H groups in total. The normalized spacial score (nSPS) is 20.5. The lowest BCUT2D eigenvalue weighted by molar-refractivity contribution is -0.122. The third-order valence-corrected chi connectivity index (χ3v) is 2.38. The largest absolute Gasteiger partial charge is 0.394 e. The Morgan fingerprint density at radius 2 is 2.40 bits per heavy atom. The molecule has 0 bridgehead atoms. The fourth-order valence-corrected chi connectivity index (χ4v) is 1.58. The van der Waals surface area contributed by atoms with E-state index in [1.165, 1.54) is 0 Å². The molecule has 15 heavy (non-hydrogen) atoms. The number of carbonyl (C=O) groups excluding carboxylic acids is 1. The molecule has 1 saturated heterocycles. The molecule has 1 rings (SSSR count). The quantitative estimate of drug-likeness (QED) is 0.490. The molecule has 1 fully saturated rings. The Morgan fingerprint density at radius 3 is 3.07 bits per heavy atom. The number of nitrogens with one attached hydrogen (secondary N) is 2. The van der Waals surface area contributed by atoms with Crippen LogP contribution in [0.2, 0.25) is 0 Å². The van der Waals surface area contributed by atoms with Crippen LogP contribution in [0.3, 0.4) is 0 Å². The highest BCUT2D eigenvalue weighted by Gasteiger charge is 2.20. The molecule has 5 heteroatoms. The molecule has 0 aliphatic carbocycles. The lowest BCUT2D eigenvalue weighted by Gasteiger charge is -2.10. The van der Waals surface area contributed by atoms with Gasteiger partial charge in [0.1, 0.15) is 0 Å². The minimum Gasteiger partial charge on any atom is -0.394 e. The maximum Gasteiger partial charge on any atom is 0.237 e. The molecule has 0 saturated carbocycles. The standard InChI is InChI=1S/C10H20N2O3/c13-6-8-15-7-2-5-12-10(14)9-3-1-4-11-9/h9,11,13H,1-8H2,(H,12,14). The maximum absolute atomic E-state index is 11.5. The van der Waals surface area contributed by atoms with Crippen molar-refractivity contribution < 1.29 is 14.6 Å². The zero-order chi connectivity index (χ0) is 10.9. The molecule has 5 nitrogen and oxygen atoms in total. The topological polar surface area (TPSA) is 70.6 Å². The van der Waals surface area contributed by atoms with Crippen molar-refractivity contribution in [2.75, 3.05) is 32.9 Å². The van der Waals surface area contributed by atoms with Crippen molar-refractivity contribution in [3.63, 3.8) is 0 Å². The Bertz CT molecular complexity index is 182. The van der Waals surface area contributed by atoms with Gasteiger partial charge in [-0.3, -0.25) is 4.79 Å². The molecule has 0 aromatic carbocycles. The van der Waals surface area contributed by atoms with Gasteiger partial charge in [0.25, 0.3) is 0 Å². The predicted octanol–water partition coefficient (Wildman–Crippen LogP) is -0.746. The van der Waals surface area contributed by atoms with E-state index in [-0.39, 0.29) is 18.6 Å². The van der Waals surface area contributed by atoms with Crippen molar-refractivity contribution in [2.24, 2.45) is 0 Å². The first-order valence-electron chi connectivity index (χ1n) is 5.54. The smallest absolute Gasteiger partial charge is 0.237 e. The van der Waals surface area contributed by atoms with Crippen LogP contribution in [0.5, 0.6) is 0 Å². The van der Waals surface area contributed by atoms with Crippen molar-refractivity contribution >= 4 is 5.91 Å². The van der Waals surface area contributed by atoms with E-state index in [0.717, 1.165) is 25.8 Å². The first kappa shape index (κ1) is 12.4. The van der Waals surface area contributed by atoms with Crippen LogP contribution < -0.4 is 10.6 Å². The number of hydrogen-bond donors (Lipinski definition) is 3. The molecular formula is C10H20N2O3. The zero-order valence-electron chi connectivity index (χ0n) is 9.00. The molecule has 1 unspecified atom stereocenters. The number of carbonyl (C=O) groups is 1. The van der Waals surface area contributed by atoms with Crippen molar-refractivity contribution in [1.82, 2.24) is 10.6 Å². The summed E-state index contributed by atoms with van der Waals surface area (Å²) in [5.41, 5.74) is 0. The second kappa shape index (κ2) is 7.62. The van der Waals surface area contributed by atoms with E-state index in [2.05, 4.69) is 10.6 Å². The van der Waals surface area contributed by atoms with Gasteiger partial charge in [0, 0.05) is 13.2 Å². The SMILES string of the molecule is O=C(NCCCOCCO)C1CCCN1. The summed E-state index contributed by atoms with van der Waals surface area (Å²) in [6, 6.07) is 0.00311. The molecule has 0 aromatic heterocycles. The minimum absolute atomic E-state index is 0.00311. The van der Waals surface area contributed by atoms with Crippen molar-refractivity contribution in [2.45, 2.75) is 25.3 Å². The lowest BCUT2D eigenvalue weighted by Crippen LogP contribution is -2.40. The van der Waals surface area contributed by atoms with Crippen LogP contribution in [0.4, 0.5) is 0 Å². The number of ether oxygens (including phenoxy) is 1. The van der Waals surface area contributed by atoms with Crippen LogP contribution in [-0.4, -0.2) is 50.0 Å². The molecule has 88 valence electrons. The van der Waals surface area contributed by atoms with Gasteiger partial charge >= 0.3 is 0 Å². The summed E-state index contributed by atoms with van der Waals surface area (Å²) in [5, 5.41) is 14.5. The third-order valence-electron chi connectivity index (χ3n) is 2.38. The number of rotatable bonds is 7. The summed E-state index contributed by atoms with van der Waals surface area (Å²) < 4.78 is 5.07. The summed E-state index contributed by atoms with van der Waals surface area (Å²) >= 11 is 0. The first-order valence-corrected chi connectivity index (χ1v) is 5.54. The molecule has 0 radical (unpaired) electrons. The number of aliphatic hydroxyl groups is 1. The van der Waals surface area contributed by atoms with Crippen LogP contribution in [0.1, 0.15) is 19.3 Å². The molecule has 0 aromatic rings. The van der Waals surface area contributed by atoms with Gasteiger partial charge in [0.05, 0.1) is 19.3 Å². The van der Waals surface area contributed by atoms with Gasteiger partial charge in [-0.25, -0.2) is 0 Å². The van der Waals surface area contributed by atoms with Crippen LogP contribution in [0, 0.1) is 0 Å². The van der Waals surface area contributed by atoms with Crippen LogP contribution in [0.25, 0.3) is 0 Å². The summed E-state index contributed by atoms with van der Waals surface area (Å²) in [6.45, 7) is 2.59. The molecule has 1 aliphatic rings. The Hall–Kier alpha value is -0.650. The molecule has 1 atom stereocenters. The summed E-state index contributed by atoms with van der Waals surface area (Å²) in [7, 11) is 0. The van der Waals surface area contributed by atoms with Gasteiger partial charge < -0.3 is 20.5 Å². The van der Waals surface area contributed by atoms with Crippen molar-refractivity contribution in [3.05, 3.63) is 0 Å². The zero-order valence-corrected chi connectivity index (χ0v) is 9.00. The summed E-state index contributed by atoms with van der Waals surface area (Å²) in [6.07, 6.45) is 2.81. The maximum atomic E-state index is 11.5. The van der Waals surface area contributed by atoms with E-state index < -0.39 is 0 Å². The first-order chi connectivity index (χ1) is 7.34. The third kappa shape index (κ3) is 5.11. The van der Waals surface area contributed by atoms with E-state index in [1.54, 1.807) is 0 Å². The average molecular weight is 216 g/mol. The summed E-state index contributed by atoms with van der Waals surface area (Å²) in [5.74, 6) is 0.0923. The second-order valence-electron chi connectivity index (χ2n) is 3.63. The van der Waals surface area contributed by atoms with E-state index in [4.69, 9.17) is 9.84 Å². The van der Waals surface area contributed by atoms with Crippen LogP contribution in [-0.2, 0) is 9.53 Å². The van der Waals surface area contributed by atoms with Crippen molar-refractivity contribution in [1.29, 1.82) is 0 Å². The van der Waals surface area contributed by atoms with Crippen molar-refractivity contribution in [3.8, 4) is 0 Å². The number of aliphatic hydroxyl groups excluding tert-OH is 1. The van der Waals surface area contributed by atoms with E-state index in [0.29, 0.717) is 19.8 Å². The fourth-order valence-electron chi connectivity index (χ4n) is 1.58.